The molecule has 0 aromatic rings. The van der Waals surface area contributed by atoms with Gasteiger partial charge >= 0.3 is 0 Å². The first-order chi connectivity index (χ1) is 8.61. The molecule has 1 heterocycles. The number of nitrogens with one attached hydrogen (secondary N) is 1. The second-order valence-corrected chi connectivity index (χ2v) is 6.03. The zero-order chi connectivity index (χ0) is 13.1. The highest BCUT2D eigenvalue weighted by Crippen LogP contribution is 2.26. The average molecular weight is 253 g/mol. The van der Waals surface area contributed by atoms with E-state index in [4.69, 9.17) is 5.73 Å². The Morgan fingerprint density at radius 2 is 2.11 bits per heavy atom. The molecule has 2 fully saturated rings. The summed E-state index contributed by atoms with van der Waals surface area (Å²) < 4.78 is 0. The number of carbonyl (C=O) groups is 1. The van der Waals surface area contributed by atoms with Gasteiger partial charge in [-0.25, -0.2) is 0 Å². The Morgan fingerprint density at radius 1 is 1.39 bits per heavy atom. The number of nitrogens with two attached hydrogens (primary N) is 1. The Labute approximate surface area is 110 Å². The molecule has 1 aliphatic heterocycles. The molecule has 3 unspecified atom stereocenters. The molecule has 0 aromatic heterocycles. The van der Waals surface area contributed by atoms with Crippen LogP contribution in [0.2, 0.25) is 0 Å². The first-order valence-corrected chi connectivity index (χ1v) is 7.37. The molecule has 4 nitrogen and oxygen atoms in total. The molecule has 3 N–H and O–H groups in total. The fraction of sp³-hybridized carbons (Fsp3) is 0.929. The van der Waals surface area contributed by atoms with E-state index in [0.717, 1.165) is 19.4 Å². The standard InChI is InChI=1S/C14H27N3O/c1-10-4-3-7-17(11(10)2)13(9-15)8-14(18)16-12-5-6-12/h10-13H,3-9,15H2,1-2H3,(H,16,18). The second-order valence-electron chi connectivity index (χ2n) is 6.03. The monoisotopic (exact) mass is 253 g/mol. The Bertz CT molecular complexity index is 291. The van der Waals surface area contributed by atoms with Gasteiger partial charge in [-0.15, -0.1) is 0 Å². The lowest BCUT2D eigenvalue weighted by Gasteiger charge is -2.42. The van der Waals surface area contributed by atoms with E-state index >= 15 is 0 Å². The summed E-state index contributed by atoms with van der Waals surface area (Å²) in [5.74, 6) is 0.887. The van der Waals surface area contributed by atoms with Crippen molar-refractivity contribution in [3.63, 3.8) is 0 Å². The predicted molar refractivity (Wildman–Crippen MR) is 73.2 cm³/mol. The maximum absolute atomic E-state index is 11.9. The minimum absolute atomic E-state index is 0.179. The summed E-state index contributed by atoms with van der Waals surface area (Å²) in [6.07, 6.45) is 5.38. The number of piperidine rings is 1. The van der Waals surface area contributed by atoms with E-state index in [9.17, 15) is 4.79 Å². The number of likely N-dealkylation sites (tertiary alicyclic amines) is 1. The summed E-state index contributed by atoms with van der Waals surface area (Å²) in [6.45, 7) is 6.24. The first-order valence-electron chi connectivity index (χ1n) is 7.37. The number of carbonyl (C=O) groups excluding carboxylic acids is 1. The van der Waals surface area contributed by atoms with E-state index in [1.54, 1.807) is 0 Å². The van der Waals surface area contributed by atoms with Gasteiger partial charge < -0.3 is 11.1 Å². The van der Waals surface area contributed by atoms with Crippen molar-refractivity contribution in [2.45, 2.75) is 64.1 Å². The van der Waals surface area contributed by atoms with E-state index in [1.165, 1.54) is 12.8 Å². The van der Waals surface area contributed by atoms with Crippen LogP contribution >= 0.6 is 0 Å². The Kier molecular flexibility index (Phi) is 4.62. The van der Waals surface area contributed by atoms with Crippen molar-refractivity contribution in [3.05, 3.63) is 0 Å². The first kappa shape index (κ1) is 13.8. The second kappa shape index (κ2) is 6.02. The highest BCUT2D eigenvalue weighted by molar-refractivity contribution is 5.77. The Balaban J connectivity index is 1.87. The van der Waals surface area contributed by atoms with E-state index in [2.05, 4.69) is 24.1 Å². The van der Waals surface area contributed by atoms with Crippen LogP contribution in [-0.4, -0.2) is 42.0 Å². The molecule has 1 aliphatic carbocycles. The van der Waals surface area contributed by atoms with Crippen LogP contribution in [-0.2, 0) is 4.79 Å². The average Bonchev–Trinajstić information content (AvgIpc) is 3.14. The Morgan fingerprint density at radius 3 is 2.72 bits per heavy atom. The molecule has 0 aromatic carbocycles. The molecule has 1 saturated heterocycles. The van der Waals surface area contributed by atoms with Gasteiger partial charge in [-0.3, -0.25) is 9.69 Å². The molecular formula is C14H27N3O. The molecule has 2 aliphatic rings. The number of hydrogen-bond acceptors (Lipinski definition) is 3. The lowest BCUT2D eigenvalue weighted by Crippen LogP contribution is -2.52. The van der Waals surface area contributed by atoms with Gasteiger partial charge in [0, 0.05) is 31.1 Å². The third kappa shape index (κ3) is 3.45. The number of hydrogen-bond donors (Lipinski definition) is 2. The maximum atomic E-state index is 11.9. The van der Waals surface area contributed by atoms with Crippen LogP contribution in [0.4, 0.5) is 0 Å². The number of rotatable bonds is 5. The van der Waals surface area contributed by atoms with Gasteiger partial charge in [0.15, 0.2) is 0 Å². The van der Waals surface area contributed by atoms with Crippen molar-refractivity contribution < 1.29 is 4.79 Å². The van der Waals surface area contributed by atoms with Crippen LogP contribution in [0.5, 0.6) is 0 Å². The van der Waals surface area contributed by atoms with Gasteiger partial charge in [-0.2, -0.15) is 0 Å². The van der Waals surface area contributed by atoms with Crippen LogP contribution in [0.15, 0.2) is 0 Å². The van der Waals surface area contributed by atoms with E-state index in [0.29, 0.717) is 31.0 Å². The van der Waals surface area contributed by atoms with E-state index in [1.807, 2.05) is 0 Å². The van der Waals surface area contributed by atoms with Crippen LogP contribution in [0, 0.1) is 5.92 Å². The molecule has 1 saturated carbocycles. The molecule has 0 spiro atoms. The van der Waals surface area contributed by atoms with Gasteiger partial charge in [0.25, 0.3) is 0 Å². The van der Waals surface area contributed by atoms with Crippen molar-refractivity contribution in [2.24, 2.45) is 11.7 Å². The molecule has 0 radical (unpaired) electrons. The molecule has 0 bridgehead atoms. The van der Waals surface area contributed by atoms with Gasteiger partial charge in [-0.1, -0.05) is 6.92 Å². The molecule has 3 atom stereocenters. The maximum Gasteiger partial charge on any atom is 0.221 e. The summed E-state index contributed by atoms with van der Waals surface area (Å²) in [7, 11) is 0. The summed E-state index contributed by atoms with van der Waals surface area (Å²) in [5, 5.41) is 3.06. The van der Waals surface area contributed by atoms with Crippen molar-refractivity contribution >= 4 is 5.91 Å². The molecule has 18 heavy (non-hydrogen) atoms. The summed E-state index contributed by atoms with van der Waals surface area (Å²) in [4.78, 5) is 14.3. The van der Waals surface area contributed by atoms with Crippen LogP contribution < -0.4 is 11.1 Å². The largest absolute Gasteiger partial charge is 0.353 e. The molecule has 104 valence electrons. The minimum Gasteiger partial charge on any atom is -0.353 e. The summed E-state index contributed by atoms with van der Waals surface area (Å²) in [6, 6.07) is 1.20. The van der Waals surface area contributed by atoms with Gasteiger partial charge in [-0.05, 0) is 45.1 Å². The summed E-state index contributed by atoms with van der Waals surface area (Å²) in [5.41, 5.74) is 5.88. The number of nitrogens with zero attached hydrogens (tertiary/aromatic N) is 1. The van der Waals surface area contributed by atoms with Crippen molar-refractivity contribution in [1.29, 1.82) is 0 Å². The third-order valence-corrected chi connectivity index (χ3v) is 4.53. The fourth-order valence-corrected chi connectivity index (χ4v) is 2.95. The normalized spacial score (nSPS) is 31.1. The van der Waals surface area contributed by atoms with Crippen LogP contribution in [0.1, 0.15) is 46.0 Å². The van der Waals surface area contributed by atoms with Crippen LogP contribution in [0.25, 0.3) is 0 Å². The summed E-state index contributed by atoms with van der Waals surface area (Å²) >= 11 is 0. The topological polar surface area (TPSA) is 58.4 Å². The molecule has 2 rings (SSSR count). The zero-order valence-electron chi connectivity index (χ0n) is 11.7. The zero-order valence-corrected chi connectivity index (χ0v) is 11.7. The van der Waals surface area contributed by atoms with Crippen LogP contribution in [0.3, 0.4) is 0 Å². The van der Waals surface area contributed by atoms with Gasteiger partial charge in [0.1, 0.15) is 0 Å². The SMILES string of the molecule is CC1CCCN(C(CN)CC(=O)NC2CC2)C1C. The van der Waals surface area contributed by atoms with Gasteiger partial charge in [0.05, 0.1) is 0 Å². The van der Waals surface area contributed by atoms with E-state index < -0.39 is 0 Å². The van der Waals surface area contributed by atoms with Crippen molar-refractivity contribution in [3.8, 4) is 0 Å². The molecule has 1 amide bonds. The smallest absolute Gasteiger partial charge is 0.221 e. The molecule has 4 heteroatoms. The Hall–Kier alpha value is -0.610. The van der Waals surface area contributed by atoms with E-state index in [-0.39, 0.29) is 11.9 Å². The third-order valence-electron chi connectivity index (χ3n) is 4.53. The van der Waals surface area contributed by atoms with Gasteiger partial charge in [0.2, 0.25) is 5.91 Å². The predicted octanol–water partition coefficient (Wildman–Crippen LogP) is 1.10. The van der Waals surface area contributed by atoms with Crippen molar-refractivity contribution in [2.75, 3.05) is 13.1 Å². The quantitative estimate of drug-likeness (QED) is 0.771. The lowest BCUT2D eigenvalue weighted by atomic mass is 9.90. The minimum atomic E-state index is 0.179. The highest BCUT2D eigenvalue weighted by Gasteiger charge is 2.31. The fourth-order valence-electron chi connectivity index (χ4n) is 2.95. The highest BCUT2D eigenvalue weighted by atomic mass is 16.1. The number of amides is 1. The lowest BCUT2D eigenvalue weighted by molar-refractivity contribution is -0.122. The van der Waals surface area contributed by atoms with Crippen molar-refractivity contribution in [1.82, 2.24) is 10.2 Å². The molecular weight excluding hydrogens is 226 g/mol.